The van der Waals surface area contributed by atoms with Crippen LogP contribution >= 0.6 is 116 Å². The third-order valence-corrected chi connectivity index (χ3v) is 7.39. The first-order chi connectivity index (χ1) is 10.6. The summed E-state index contributed by atoms with van der Waals surface area (Å²) in [7, 11) is 0. The first-order valence-corrected chi connectivity index (χ1v) is 9.25. The van der Waals surface area contributed by atoms with Gasteiger partial charge in [-0.05, 0) is 0 Å². The molecule has 0 atom stereocenters. The van der Waals surface area contributed by atoms with E-state index in [9.17, 15) is 0 Å². The second-order valence-electron chi connectivity index (χ2n) is 4.11. The van der Waals surface area contributed by atoms with Gasteiger partial charge in [-0.15, -0.1) is 52.8 Å². The van der Waals surface area contributed by atoms with Crippen LogP contribution in [0.15, 0.2) is 0 Å². The standard InChI is InChI=1S/C13HCl10.K/c14-4-2(5(15)9(19)12(22)8(4)18)1-3-6(16)10(20)13(23)11(21)7(3)17;/h1H;/q-1;+1. The Kier molecular flexibility index (Phi) is 10.4. The summed E-state index contributed by atoms with van der Waals surface area (Å²) in [6, 6.07) is 0. The molecule has 0 unspecified atom stereocenters. The van der Waals surface area contributed by atoms with Crippen LogP contribution in [0.2, 0.25) is 50.2 Å². The molecular weight excluding hydrogens is 550 g/mol. The predicted octanol–water partition coefficient (Wildman–Crippen LogP) is 6.83. The van der Waals surface area contributed by atoms with Crippen molar-refractivity contribution in [2.45, 2.75) is 0 Å². The van der Waals surface area contributed by atoms with E-state index in [0.717, 1.165) is 0 Å². The van der Waals surface area contributed by atoms with Gasteiger partial charge >= 0.3 is 51.4 Å². The molecule has 11 heteroatoms. The second-order valence-corrected chi connectivity index (χ2v) is 7.89. The first-order valence-electron chi connectivity index (χ1n) is 5.47. The van der Waals surface area contributed by atoms with Crippen molar-refractivity contribution in [1.82, 2.24) is 0 Å². The Labute approximate surface area is 231 Å². The number of benzene rings is 2. The molecule has 0 heterocycles. The quantitative estimate of drug-likeness (QED) is 0.167. The summed E-state index contributed by atoms with van der Waals surface area (Å²) in [6.45, 7) is 0. The maximum atomic E-state index is 6.17. The van der Waals surface area contributed by atoms with Crippen molar-refractivity contribution < 1.29 is 51.4 Å². The minimum absolute atomic E-state index is 0. The van der Waals surface area contributed by atoms with E-state index in [-0.39, 0.29) is 113 Å². The van der Waals surface area contributed by atoms with E-state index < -0.39 is 0 Å². The van der Waals surface area contributed by atoms with Gasteiger partial charge < -0.3 is 0 Å². The summed E-state index contributed by atoms with van der Waals surface area (Å²) >= 11 is 60.7. The molecule has 0 amide bonds. The Morgan fingerprint density at radius 1 is 0.333 bits per heavy atom. The molecule has 24 heavy (non-hydrogen) atoms. The number of hydrogen-bond acceptors (Lipinski definition) is 0. The third-order valence-electron chi connectivity index (χ3n) is 2.78. The van der Waals surface area contributed by atoms with E-state index in [2.05, 4.69) is 0 Å². The van der Waals surface area contributed by atoms with Gasteiger partial charge in [0.05, 0.1) is 10.0 Å². The van der Waals surface area contributed by atoms with Gasteiger partial charge in [0.2, 0.25) is 0 Å². The van der Waals surface area contributed by atoms with Crippen molar-refractivity contribution in [2.24, 2.45) is 0 Å². The van der Waals surface area contributed by atoms with Crippen LogP contribution in [0.3, 0.4) is 0 Å². The zero-order valence-electron chi connectivity index (χ0n) is 11.4. The zero-order valence-corrected chi connectivity index (χ0v) is 22.0. The molecule has 0 nitrogen and oxygen atoms in total. The maximum Gasteiger partial charge on any atom is 1.00 e. The molecule has 0 aromatic heterocycles. The maximum absolute atomic E-state index is 6.17. The van der Waals surface area contributed by atoms with Crippen molar-refractivity contribution >= 4 is 116 Å². The minimum atomic E-state index is 0. The van der Waals surface area contributed by atoms with Gasteiger partial charge in [0.15, 0.2) is 0 Å². The molecule has 2 aromatic rings. The van der Waals surface area contributed by atoms with Gasteiger partial charge in [-0.1, -0.05) is 80.7 Å². The fraction of sp³-hybridized carbons (Fsp3) is 0. The molecule has 0 aliphatic heterocycles. The second kappa shape index (κ2) is 10.0. The van der Waals surface area contributed by atoms with Crippen molar-refractivity contribution in [2.75, 3.05) is 0 Å². The van der Waals surface area contributed by atoms with Gasteiger partial charge in [0.1, 0.15) is 0 Å². The average molecular weight is 551 g/mol. The number of halogens is 10. The molecule has 0 bridgehead atoms. The monoisotopic (exact) mass is 546 g/mol. The molecule has 0 radical (unpaired) electrons. The Bertz CT molecular complexity index is 692. The Morgan fingerprint density at radius 3 is 0.708 bits per heavy atom. The molecule has 124 valence electrons. The van der Waals surface area contributed by atoms with Crippen LogP contribution in [0.25, 0.3) is 0 Å². The van der Waals surface area contributed by atoms with Crippen LogP contribution in [0.1, 0.15) is 11.1 Å². The van der Waals surface area contributed by atoms with E-state index in [0.29, 0.717) is 0 Å². The fourth-order valence-electron chi connectivity index (χ4n) is 1.64. The van der Waals surface area contributed by atoms with E-state index in [4.69, 9.17) is 116 Å². The van der Waals surface area contributed by atoms with Crippen molar-refractivity contribution in [3.63, 3.8) is 0 Å². The van der Waals surface area contributed by atoms with Crippen LogP contribution in [0, 0.1) is 6.42 Å². The van der Waals surface area contributed by atoms with Crippen molar-refractivity contribution in [1.29, 1.82) is 0 Å². The van der Waals surface area contributed by atoms with Crippen molar-refractivity contribution in [3.8, 4) is 0 Å². The zero-order chi connectivity index (χ0) is 17.6. The Hall–Kier alpha value is 2.85. The van der Waals surface area contributed by atoms with Gasteiger partial charge in [0.25, 0.3) is 0 Å². The molecule has 0 saturated carbocycles. The van der Waals surface area contributed by atoms with E-state index in [1.54, 1.807) is 0 Å². The SMILES string of the molecule is Clc1c(Cl)c(Cl)c([CH-]c2c(Cl)c(Cl)c(Cl)c(Cl)c2Cl)c(Cl)c1Cl.[K+]. The third kappa shape index (κ3) is 4.70. The summed E-state index contributed by atoms with van der Waals surface area (Å²) in [5.41, 5.74) is 0.511. The van der Waals surface area contributed by atoms with Crippen molar-refractivity contribution in [3.05, 3.63) is 67.8 Å². The first kappa shape index (κ1) is 24.9. The van der Waals surface area contributed by atoms with E-state index >= 15 is 0 Å². The topological polar surface area (TPSA) is 0 Å². The molecule has 0 N–H and O–H groups in total. The van der Waals surface area contributed by atoms with Crippen LogP contribution in [-0.2, 0) is 0 Å². The molecular formula is C13HCl10K. The average Bonchev–Trinajstić information content (AvgIpc) is 2.54. The summed E-state index contributed by atoms with van der Waals surface area (Å²) in [5, 5.41) is 0.482. The van der Waals surface area contributed by atoms with Gasteiger partial charge in [-0.2, -0.15) is 0 Å². The molecule has 0 aliphatic carbocycles. The number of rotatable bonds is 2. The van der Waals surface area contributed by atoms with E-state index in [1.165, 1.54) is 6.42 Å². The van der Waals surface area contributed by atoms with E-state index in [1.807, 2.05) is 0 Å². The fourth-order valence-corrected chi connectivity index (χ4v) is 4.17. The van der Waals surface area contributed by atoms with Gasteiger partial charge in [0, 0.05) is 40.2 Å². The predicted molar refractivity (Wildman–Crippen MR) is 105 cm³/mol. The summed E-state index contributed by atoms with van der Waals surface area (Å²) in [4.78, 5) is 0. The molecule has 0 aliphatic rings. The smallest absolute Gasteiger partial charge is 0.132 e. The normalized spacial score (nSPS) is 10.6. The van der Waals surface area contributed by atoms with Gasteiger partial charge in [-0.25, -0.2) is 0 Å². The van der Waals surface area contributed by atoms with Crippen LogP contribution in [-0.4, -0.2) is 0 Å². The molecule has 0 spiro atoms. The van der Waals surface area contributed by atoms with Crippen LogP contribution in [0.5, 0.6) is 0 Å². The largest absolute Gasteiger partial charge is 1.00 e. The number of hydrogen-bond donors (Lipinski definition) is 0. The molecule has 2 aromatic carbocycles. The summed E-state index contributed by atoms with van der Waals surface area (Å²) in [6.07, 6.45) is 1.44. The van der Waals surface area contributed by atoms with Crippen LogP contribution < -0.4 is 51.4 Å². The summed E-state index contributed by atoms with van der Waals surface area (Å²) in [5.74, 6) is 0. The summed E-state index contributed by atoms with van der Waals surface area (Å²) < 4.78 is 0. The van der Waals surface area contributed by atoms with Crippen LogP contribution in [0.4, 0.5) is 0 Å². The Balaban J connectivity index is 0.00000288. The minimum Gasteiger partial charge on any atom is -0.132 e. The van der Waals surface area contributed by atoms with Gasteiger partial charge in [-0.3, -0.25) is 0 Å². The molecule has 0 fully saturated rings. The molecule has 0 saturated heterocycles. The Morgan fingerprint density at radius 2 is 0.500 bits per heavy atom. The molecule has 2 rings (SSSR count).